The summed E-state index contributed by atoms with van der Waals surface area (Å²) in [7, 11) is 0. The highest BCUT2D eigenvalue weighted by molar-refractivity contribution is 7.91. The molecule has 4 rings (SSSR count). The third-order valence-corrected chi connectivity index (χ3v) is 6.95. The van der Waals surface area contributed by atoms with Crippen molar-refractivity contribution in [2.75, 3.05) is 24.6 Å². The molecule has 24 heavy (non-hydrogen) atoms. The van der Waals surface area contributed by atoms with Crippen LogP contribution in [0.5, 0.6) is 0 Å². The minimum absolute atomic E-state index is 0.130. The maximum Gasteiger partial charge on any atom is 0.273 e. The Morgan fingerprint density at radius 1 is 1.33 bits per heavy atom. The van der Waals surface area contributed by atoms with E-state index in [1.54, 1.807) is 6.07 Å². The van der Waals surface area contributed by atoms with E-state index in [-0.39, 0.29) is 11.9 Å². The molecule has 3 fully saturated rings. The topological polar surface area (TPSA) is 81.4 Å². The number of rotatable bonds is 4. The first-order valence-electron chi connectivity index (χ1n) is 8.96. The van der Waals surface area contributed by atoms with E-state index in [1.807, 2.05) is 0 Å². The van der Waals surface area contributed by atoms with E-state index >= 15 is 0 Å². The highest BCUT2D eigenvalue weighted by Gasteiger charge is 2.37. The predicted molar refractivity (Wildman–Crippen MR) is 91.4 cm³/mol. The van der Waals surface area contributed by atoms with Crippen LogP contribution >= 0.6 is 0 Å². The van der Waals surface area contributed by atoms with Gasteiger partial charge < -0.3 is 14.4 Å². The summed E-state index contributed by atoms with van der Waals surface area (Å²) >= 11 is -0.624. The van der Waals surface area contributed by atoms with Crippen LogP contribution in [0.1, 0.15) is 54.8 Å². The van der Waals surface area contributed by atoms with Crippen LogP contribution < -0.4 is 5.32 Å². The third kappa shape index (κ3) is 3.48. The van der Waals surface area contributed by atoms with Crippen LogP contribution in [0.2, 0.25) is 0 Å². The molecule has 1 aromatic heterocycles. The Hall–Kier alpha value is -1.05. The summed E-state index contributed by atoms with van der Waals surface area (Å²) in [5.74, 6) is 3.23. The molecule has 132 valence electrons. The largest absolute Gasteiger partial charge is 0.616 e. The Bertz CT molecular complexity index is 596. The summed E-state index contributed by atoms with van der Waals surface area (Å²) in [6.45, 7) is 4.05. The van der Waals surface area contributed by atoms with Gasteiger partial charge in [-0.05, 0) is 18.8 Å². The monoisotopic (exact) mass is 351 g/mol. The molecule has 1 aromatic rings. The first-order valence-corrected chi connectivity index (χ1v) is 10.5. The number of hydrogen-bond acceptors (Lipinski definition) is 5. The summed E-state index contributed by atoms with van der Waals surface area (Å²) in [4.78, 5) is 14.9. The van der Waals surface area contributed by atoms with Crippen LogP contribution in [-0.4, -0.2) is 57.2 Å². The number of nitrogens with one attached hydrogen (secondary N) is 1. The molecule has 0 radical (unpaired) electrons. The van der Waals surface area contributed by atoms with Gasteiger partial charge in [0.2, 0.25) is 0 Å². The standard InChI is InChI=1S/C17H25N3O3S/c1-11-9-20(13-4-6-24(22)7-5-13)10-15(11)18-17(21)14-8-16(23-19-14)12-2-3-12/h8,11-13,15H,2-7,9-10H2,1H3,(H,18,21). The molecule has 1 aliphatic carbocycles. The highest BCUT2D eigenvalue weighted by atomic mass is 32.2. The summed E-state index contributed by atoms with van der Waals surface area (Å²) in [5, 5.41) is 7.06. The molecule has 2 unspecified atom stereocenters. The fourth-order valence-corrected chi connectivity index (χ4v) is 5.11. The van der Waals surface area contributed by atoms with E-state index in [9.17, 15) is 9.35 Å². The molecule has 1 saturated carbocycles. The van der Waals surface area contributed by atoms with Crippen molar-refractivity contribution < 1.29 is 13.9 Å². The molecule has 2 atom stereocenters. The van der Waals surface area contributed by atoms with Crippen molar-refractivity contribution in [2.24, 2.45) is 5.92 Å². The van der Waals surface area contributed by atoms with Crippen molar-refractivity contribution in [3.8, 4) is 0 Å². The summed E-state index contributed by atoms with van der Waals surface area (Å²) in [6.07, 6.45) is 4.29. The average molecular weight is 351 g/mol. The lowest BCUT2D eigenvalue weighted by Gasteiger charge is -2.31. The number of aromatic nitrogens is 1. The number of likely N-dealkylation sites (tertiary alicyclic amines) is 1. The van der Waals surface area contributed by atoms with Crippen molar-refractivity contribution in [1.82, 2.24) is 15.4 Å². The maximum absolute atomic E-state index is 12.4. The molecule has 1 amide bonds. The van der Waals surface area contributed by atoms with Crippen LogP contribution in [0, 0.1) is 5.92 Å². The van der Waals surface area contributed by atoms with Crippen molar-refractivity contribution in [3.63, 3.8) is 0 Å². The zero-order valence-corrected chi connectivity index (χ0v) is 14.9. The van der Waals surface area contributed by atoms with Gasteiger partial charge in [0.1, 0.15) is 17.3 Å². The summed E-state index contributed by atoms with van der Waals surface area (Å²) in [6, 6.07) is 2.45. The van der Waals surface area contributed by atoms with E-state index in [0.717, 1.165) is 56.0 Å². The van der Waals surface area contributed by atoms with Gasteiger partial charge in [-0.2, -0.15) is 0 Å². The lowest BCUT2D eigenvalue weighted by atomic mass is 10.1. The van der Waals surface area contributed by atoms with Gasteiger partial charge in [0.15, 0.2) is 5.69 Å². The number of carbonyl (C=O) groups excluding carboxylic acids is 1. The van der Waals surface area contributed by atoms with Crippen molar-refractivity contribution >= 4 is 17.1 Å². The normalized spacial score (nSPS) is 34.4. The van der Waals surface area contributed by atoms with Crippen LogP contribution in [-0.2, 0) is 11.2 Å². The second kappa shape index (κ2) is 6.69. The zero-order valence-electron chi connectivity index (χ0n) is 14.1. The molecule has 3 heterocycles. The van der Waals surface area contributed by atoms with Gasteiger partial charge in [-0.1, -0.05) is 23.3 Å². The first-order chi connectivity index (χ1) is 11.6. The fraction of sp³-hybridized carbons (Fsp3) is 0.765. The first kappa shape index (κ1) is 16.4. The van der Waals surface area contributed by atoms with E-state index in [1.165, 1.54) is 0 Å². The highest BCUT2D eigenvalue weighted by Crippen LogP contribution is 2.40. The van der Waals surface area contributed by atoms with Crippen LogP contribution in [0.3, 0.4) is 0 Å². The van der Waals surface area contributed by atoms with Crippen LogP contribution in [0.25, 0.3) is 0 Å². The predicted octanol–water partition coefficient (Wildman–Crippen LogP) is 1.51. The molecule has 2 saturated heterocycles. The Morgan fingerprint density at radius 3 is 2.79 bits per heavy atom. The quantitative estimate of drug-likeness (QED) is 0.832. The number of nitrogens with zero attached hydrogens (tertiary/aromatic N) is 2. The van der Waals surface area contributed by atoms with Crippen LogP contribution in [0.15, 0.2) is 10.6 Å². The molecular weight excluding hydrogens is 326 g/mol. The van der Waals surface area contributed by atoms with Gasteiger partial charge in [-0.15, -0.1) is 0 Å². The van der Waals surface area contributed by atoms with Crippen molar-refractivity contribution in [2.45, 2.75) is 50.6 Å². The number of carbonyl (C=O) groups is 1. The minimum Gasteiger partial charge on any atom is -0.616 e. The molecule has 6 nitrogen and oxygen atoms in total. The summed E-state index contributed by atoms with van der Waals surface area (Å²) in [5.41, 5.74) is 0.399. The SMILES string of the molecule is CC1CN(C2CC[S+]([O-])CC2)CC1NC(=O)c1cc(C2CC2)on1. The van der Waals surface area contributed by atoms with E-state index in [0.29, 0.717) is 23.6 Å². The maximum atomic E-state index is 12.4. The van der Waals surface area contributed by atoms with Gasteiger partial charge in [-0.3, -0.25) is 9.69 Å². The molecule has 0 bridgehead atoms. The lowest BCUT2D eigenvalue weighted by molar-refractivity contribution is 0.0921. The van der Waals surface area contributed by atoms with Crippen LogP contribution in [0.4, 0.5) is 0 Å². The van der Waals surface area contributed by atoms with Gasteiger partial charge in [0.05, 0.1) is 0 Å². The summed E-state index contributed by atoms with van der Waals surface area (Å²) < 4.78 is 16.8. The fourth-order valence-electron chi connectivity index (χ4n) is 3.84. The Labute approximate surface area is 145 Å². The lowest BCUT2D eigenvalue weighted by Crippen LogP contribution is -2.43. The number of hydrogen-bond donors (Lipinski definition) is 1. The second-order valence-electron chi connectivity index (χ2n) is 7.48. The smallest absolute Gasteiger partial charge is 0.273 e. The van der Waals surface area contributed by atoms with Gasteiger partial charge in [0, 0.05) is 50.0 Å². The van der Waals surface area contributed by atoms with E-state index in [2.05, 4.69) is 22.3 Å². The molecular formula is C17H25N3O3S. The minimum atomic E-state index is -0.624. The van der Waals surface area contributed by atoms with Crippen molar-refractivity contribution in [3.05, 3.63) is 17.5 Å². The molecule has 0 aromatic carbocycles. The molecule has 7 heteroatoms. The Morgan fingerprint density at radius 2 is 2.08 bits per heavy atom. The third-order valence-electron chi connectivity index (χ3n) is 5.57. The second-order valence-corrected chi connectivity index (χ2v) is 9.18. The van der Waals surface area contributed by atoms with Gasteiger partial charge in [-0.25, -0.2) is 0 Å². The molecule has 2 aliphatic heterocycles. The van der Waals surface area contributed by atoms with E-state index in [4.69, 9.17) is 4.52 Å². The Balaban J connectivity index is 1.33. The van der Waals surface area contributed by atoms with E-state index < -0.39 is 11.2 Å². The van der Waals surface area contributed by atoms with Gasteiger partial charge in [0.25, 0.3) is 5.91 Å². The Kier molecular flexibility index (Phi) is 4.58. The molecule has 3 aliphatic rings. The molecule has 1 N–H and O–H groups in total. The average Bonchev–Trinajstić information content (AvgIpc) is 3.19. The van der Waals surface area contributed by atoms with Crippen molar-refractivity contribution in [1.29, 1.82) is 0 Å². The molecule has 0 spiro atoms. The zero-order chi connectivity index (χ0) is 16.7. The number of amides is 1. The van der Waals surface area contributed by atoms with Gasteiger partial charge >= 0.3 is 0 Å².